The molecule has 0 aromatic heterocycles. The summed E-state index contributed by atoms with van der Waals surface area (Å²) in [4.78, 5) is 23.7. The summed E-state index contributed by atoms with van der Waals surface area (Å²) in [5.41, 5.74) is 0.890. The van der Waals surface area contributed by atoms with Crippen LogP contribution in [-0.4, -0.2) is 38.7 Å². The molecule has 0 bridgehead atoms. The molecule has 2 heterocycles. The average molecular weight is 309 g/mol. The maximum absolute atomic E-state index is 12.8. The zero-order valence-electron chi connectivity index (χ0n) is 11.5. The van der Waals surface area contributed by atoms with Crippen LogP contribution in [0.2, 0.25) is 0 Å². The van der Waals surface area contributed by atoms with Gasteiger partial charge in [0.05, 0.1) is 17.6 Å². The maximum atomic E-state index is 12.8. The lowest BCUT2D eigenvalue weighted by Gasteiger charge is -2.31. The SMILES string of the molecule is COC(=O)c1ccc2c(c1)CCC1(CCNC1=O)S2(=O)=O. The van der Waals surface area contributed by atoms with Crippen molar-refractivity contribution in [3.8, 4) is 0 Å². The predicted octanol–water partition coefficient (Wildman–Crippen LogP) is 0.452. The second kappa shape index (κ2) is 4.56. The minimum Gasteiger partial charge on any atom is -0.465 e. The number of hydrogen-bond donors (Lipinski definition) is 1. The number of nitrogens with one attached hydrogen (secondary N) is 1. The Morgan fingerprint density at radius 2 is 2.10 bits per heavy atom. The monoisotopic (exact) mass is 309 g/mol. The molecule has 1 aromatic carbocycles. The molecule has 1 atom stereocenters. The third-order valence-electron chi connectivity index (χ3n) is 4.31. The van der Waals surface area contributed by atoms with Gasteiger partial charge in [0.2, 0.25) is 5.91 Å². The number of rotatable bonds is 1. The molecule has 7 heteroatoms. The number of amides is 1. The second-order valence-electron chi connectivity index (χ2n) is 5.32. The maximum Gasteiger partial charge on any atom is 0.337 e. The van der Waals surface area contributed by atoms with Crippen molar-refractivity contribution in [1.82, 2.24) is 5.32 Å². The molecule has 1 unspecified atom stereocenters. The van der Waals surface area contributed by atoms with E-state index in [-0.39, 0.29) is 11.3 Å². The van der Waals surface area contributed by atoms with Gasteiger partial charge in [-0.2, -0.15) is 0 Å². The Balaban J connectivity index is 2.12. The van der Waals surface area contributed by atoms with E-state index in [2.05, 4.69) is 10.1 Å². The first-order valence-corrected chi connectivity index (χ1v) is 8.15. The summed E-state index contributed by atoms with van der Waals surface area (Å²) < 4.78 is 28.9. The van der Waals surface area contributed by atoms with Crippen LogP contribution in [0.4, 0.5) is 0 Å². The fourth-order valence-electron chi connectivity index (χ4n) is 3.11. The lowest BCUT2D eigenvalue weighted by atomic mass is 9.95. The number of methoxy groups -OCH3 is 1. The van der Waals surface area contributed by atoms with Crippen molar-refractivity contribution in [2.24, 2.45) is 0 Å². The van der Waals surface area contributed by atoms with Crippen LogP contribution >= 0.6 is 0 Å². The van der Waals surface area contributed by atoms with Crippen LogP contribution in [0.15, 0.2) is 23.1 Å². The van der Waals surface area contributed by atoms with E-state index in [9.17, 15) is 18.0 Å². The smallest absolute Gasteiger partial charge is 0.337 e. The molecule has 0 radical (unpaired) electrons. The third kappa shape index (κ3) is 1.80. The number of hydrogen-bond acceptors (Lipinski definition) is 5. The molecule has 1 amide bonds. The van der Waals surface area contributed by atoms with Crippen LogP contribution in [0, 0.1) is 0 Å². The van der Waals surface area contributed by atoms with Gasteiger partial charge in [-0.05, 0) is 43.0 Å². The first-order valence-electron chi connectivity index (χ1n) is 6.66. The van der Waals surface area contributed by atoms with Gasteiger partial charge in [-0.15, -0.1) is 0 Å². The molecule has 2 aliphatic heterocycles. The number of benzene rings is 1. The second-order valence-corrected chi connectivity index (χ2v) is 7.55. The minimum absolute atomic E-state index is 0.151. The average Bonchev–Trinajstić information content (AvgIpc) is 2.85. The van der Waals surface area contributed by atoms with Crippen LogP contribution in [0.25, 0.3) is 0 Å². The number of sulfone groups is 1. The molecular formula is C14H15NO5S. The van der Waals surface area contributed by atoms with Crippen molar-refractivity contribution >= 4 is 21.7 Å². The molecule has 1 N–H and O–H groups in total. The summed E-state index contributed by atoms with van der Waals surface area (Å²) in [7, 11) is -2.47. The first-order chi connectivity index (χ1) is 9.92. The number of esters is 1. The summed E-state index contributed by atoms with van der Waals surface area (Å²) in [5, 5.41) is 2.61. The Bertz CT molecular complexity index is 740. The van der Waals surface area contributed by atoms with Gasteiger partial charge in [0, 0.05) is 6.54 Å². The quantitative estimate of drug-likeness (QED) is 0.761. The normalized spacial score (nSPS) is 26.2. The molecule has 1 aromatic rings. The van der Waals surface area contributed by atoms with E-state index in [1.807, 2.05) is 0 Å². The molecule has 21 heavy (non-hydrogen) atoms. The summed E-state index contributed by atoms with van der Waals surface area (Å²) in [5.74, 6) is -0.917. The van der Waals surface area contributed by atoms with Crippen LogP contribution in [-0.2, 0) is 25.8 Å². The Morgan fingerprint density at radius 3 is 2.71 bits per heavy atom. The number of aryl methyl sites for hydroxylation is 1. The van der Waals surface area contributed by atoms with Gasteiger partial charge in [0.15, 0.2) is 14.6 Å². The topological polar surface area (TPSA) is 89.5 Å². The number of ether oxygens (including phenoxy) is 1. The number of carbonyl (C=O) groups excluding carboxylic acids is 2. The van der Waals surface area contributed by atoms with E-state index in [4.69, 9.17) is 0 Å². The predicted molar refractivity (Wildman–Crippen MR) is 73.6 cm³/mol. The van der Waals surface area contributed by atoms with Gasteiger partial charge in [0.1, 0.15) is 0 Å². The van der Waals surface area contributed by atoms with E-state index in [0.29, 0.717) is 30.5 Å². The minimum atomic E-state index is -3.74. The van der Waals surface area contributed by atoms with Crippen LogP contribution in [0.1, 0.15) is 28.8 Å². The van der Waals surface area contributed by atoms with E-state index in [0.717, 1.165) is 0 Å². The summed E-state index contributed by atoms with van der Waals surface area (Å²) in [6, 6.07) is 4.37. The fourth-order valence-corrected chi connectivity index (χ4v) is 5.34. The van der Waals surface area contributed by atoms with Crippen molar-refractivity contribution in [3.63, 3.8) is 0 Å². The van der Waals surface area contributed by atoms with Gasteiger partial charge in [-0.3, -0.25) is 4.79 Å². The van der Waals surface area contributed by atoms with Gasteiger partial charge < -0.3 is 10.1 Å². The Labute approximate surface area is 122 Å². The van der Waals surface area contributed by atoms with Crippen LogP contribution in [0.5, 0.6) is 0 Å². The number of carbonyl (C=O) groups is 2. The van der Waals surface area contributed by atoms with Gasteiger partial charge in [-0.25, -0.2) is 13.2 Å². The van der Waals surface area contributed by atoms with Crippen molar-refractivity contribution in [1.29, 1.82) is 0 Å². The summed E-state index contributed by atoms with van der Waals surface area (Å²) in [6.07, 6.45) is 0.998. The molecule has 3 rings (SSSR count). The number of fused-ring (bicyclic) bond motifs is 1. The van der Waals surface area contributed by atoms with Crippen LogP contribution < -0.4 is 5.32 Å². The molecule has 1 fully saturated rings. The van der Waals surface area contributed by atoms with E-state index < -0.39 is 26.5 Å². The molecule has 0 aliphatic carbocycles. The summed E-state index contributed by atoms with van der Waals surface area (Å²) in [6.45, 7) is 0.383. The van der Waals surface area contributed by atoms with Crippen molar-refractivity contribution in [2.45, 2.75) is 28.9 Å². The van der Waals surface area contributed by atoms with Crippen molar-refractivity contribution in [2.75, 3.05) is 13.7 Å². The van der Waals surface area contributed by atoms with Gasteiger partial charge in [0.25, 0.3) is 0 Å². The highest BCUT2D eigenvalue weighted by Gasteiger charge is 2.56. The molecule has 2 aliphatic rings. The van der Waals surface area contributed by atoms with E-state index in [1.165, 1.54) is 19.2 Å². The largest absolute Gasteiger partial charge is 0.465 e. The molecule has 6 nitrogen and oxygen atoms in total. The van der Waals surface area contributed by atoms with Crippen LogP contribution in [0.3, 0.4) is 0 Å². The lowest BCUT2D eigenvalue weighted by molar-refractivity contribution is -0.121. The zero-order valence-corrected chi connectivity index (χ0v) is 12.3. The van der Waals surface area contributed by atoms with Crippen molar-refractivity contribution in [3.05, 3.63) is 29.3 Å². The standard InChI is InChI=1S/C14H15NO5S/c1-20-12(16)10-2-3-11-9(8-10)4-5-14(21(11,18)19)6-7-15-13(14)17/h2-3,8H,4-7H2,1H3,(H,15,17). The molecule has 1 saturated heterocycles. The Morgan fingerprint density at radius 1 is 1.33 bits per heavy atom. The van der Waals surface area contributed by atoms with Crippen molar-refractivity contribution < 1.29 is 22.7 Å². The zero-order chi connectivity index (χ0) is 15.3. The molecule has 112 valence electrons. The first kappa shape index (κ1) is 14.1. The lowest BCUT2D eigenvalue weighted by Crippen LogP contribution is -2.48. The van der Waals surface area contributed by atoms with E-state index >= 15 is 0 Å². The molecular weight excluding hydrogens is 294 g/mol. The highest BCUT2D eigenvalue weighted by Crippen LogP contribution is 2.42. The highest BCUT2D eigenvalue weighted by molar-refractivity contribution is 7.93. The van der Waals surface area contributed by atoms with Gasteiger partial charge in [-0.1, -0.05) is 0 Å². The van der Waals surface area contributed by atoms with E-state index in [1.54, 1.807) is 6.07 Å². The Kier molecular flexibility index (Phi) is 3.05. The third-order valence-corrected chi connectivity index (χ3v) is 6.91. The molecule has 0 saturated carbocycles. The fraction of sp³-hybridized carbons (Fsp3) is 0.429. The van der Waals surface area contributed by atoms with Gasteiger partial charge >= 0.3 is 5.97 Å². The highest BCUT2D eigenvalue weighted by atomic mass is 32.2. The molecule has 1 spiro atoms. The summed E-state index contributed by atoms with van der Waals surface area (Å²) >= 11 is 0. The Hall–Kier alpha value is -1.89.